The summed E-state index contributed by atoms with van der Waals surface area (Å²) in [5.74, 6) is -0.146. The number of rotatable bonds is 10. The number of aliphatic carboxylic acids is 1. The van der Waals surface area contributed by atoms with Gasteiger partial charge in [-0.25, -0.2) is 9.97 Å². The van der Waals surface area contributed by atoms with E-state index in [0.29, 0.717) is 37.0 Å². The van der Waals surface area contributed by atoms with Gasteiger partial charge in [-0.05, 0) is 42.5 Å². The van der Waals surface area contributed by atoms with Crippen LogP contribution in [0.4, 0.5) is 0 Å². The van der Waals surface area contributed by atoms with Crippen LogP contribution >= 0.6 is 11.6 Å². The van der Waals surface area contributed by atoms with E-state index in [-0.39, 0.29) is 6.42 Å². The molecule has 5 heterocycles. The number of nitrogens with zero attached hydrogens (tertiary/aromatic N) is 6. The molecule has 0 aliphatic heterocycles. The first kappa shape index (κ1) is 22.8. The molecule has 36 heavy (non-hydrogen) atoms. The Bertz CT molecular complexity index is 1560. The molecule has 1 saturated carbocycles. The maximum absolute atomic E-state index is 11.2. The summed E-state index contributed by atoms with van der Waals surface area (Å²) in [6, 6.07) is 7.96. The fourth-order valence-electron chi connectivity index (χ4n) is 4.60. The zero-order valence-corrected chi connectivity index (χ0v) is 20.4. The van der Waals surface area contributed by atoms with Gasteiger partial charge in [-0.3, -0.25) is 9.48 Å². The van der Waals surface area contributed by atoms with Crippen molar-refractivity contribution in [3.63, 3.8) is 0 Å². The van der Waals surface area contributed by atoms with Gasteiger partial charge in [-0.1, -0.05) is 17.7 Å². The summed E-state index contributed by atoms with van der Waals surface area (Å²) in [5.41, 5.74) is 6.79. The highest BCUT2D eigenvalue weighted by molar-refractivity contribution is 6.30. The molecule has 1 aliphatic carbocycles. The minimum Gasteiger partial charge on any atom is -0.481 e. The minimum absolute atomic E-state index is 0.0342. The van der Waals surface area contributed by atoms with Crippen LogP contribution in [0, 0.1) is 0 Å². The van der Waals surface area contributed by atoms with E-state index in [9.17, 15) is 9.90 Å². The monoisotopic (exact) mass is 503 g/mol. The lowest BCUT2D eigenvalue weighted by atomic mass is 10.1. The average molecular weight is 504 g/mol. The van der Waals surface area contributed by atoms with Gasteiger partial charge in [0, 0.05) is 54.9 Å². The molecule has 9 nitrogen and oxygen atoms in total. The molecule has 2 N–H and O–H groups in total. The second-order valence-corrected chi connectivity index (χ2v) is 9.80. The Kier molecular flexibility index (Phi) is 5.94. The first-order valence-electron chi connectivity index (χ1n) is 12.1. The lowest BCUT2D eigenvalue weighted by Gasteiger charge is -2.04. The van der Waals surface area contributed by atoms with Crippen molar-refractivity contribution >= 4 is 28.7 Å². The lowest BCUT2D eigenvalue weighted by Crippen LogP contribution is -2.14. The second kappa shape index (κ2) is 9.40. The zero-order valence-electron chi connectivity index (χ0n) is 19.6. The molecule has 0 unspecified atom stereocenters. The first-order valence-corrected chi connectivity index (χ1v) is 12.5. The van der Waals surface area contributed by atoms with Gasteiger partial charge in [-0.2, -0.15) is 5.10 Å². The fourth-order valence-corrected chi connectivity index (χ4v) is 4.76. The number of aromatic nitrogens is 6. The van der Waals surface area contributed by atoms with Crippen molar-refractivity contribution in [1.29, 1.82) is 0 Å². The number of fused-ring (bicyclic) bond motifs is 2. The first-order chi connectivity index (χ1) is 17.5. The molecule has 5 aromatic heterocycles. The highest BCUT2D eigenvalue weighted by atomic mass is 35.5. The van der Waals surface area contributed by atoms with Crippen LogP contribution in [0.15, 0.2) is 55.4 Å². The molecule has 0 amide bonds. The van der Waals surface area contributed by atoms with Crippen LogP contribution in [0.3, 0.4) is 0 Å². The van der Waals surface area contributed by atoms with Gasteiger partial charge in [0.1, 0.15) is 5.65 Å². The predicted octanol–water partition coefficient (Wildman–Crippen LogP) is 4.06. The van der Waals surface area contributed by atoms with Gasteiger partial charge in [0.2, 0.25) is 0 Å². The number of imidazole rings is 2. The zero-order chi connectivity index (χ0) is 24.6. The van der Waals surface area contributed by atoms with E-state index in [1.807, 2.05) is 39.8 Å². The number of carbonyl (C=O) groups is 1. The van der Waals surface area contributed by atoms with E-state index in [1.165, 1.54) is 18.4 Å². The maximum Gasteiger partial charge on any atom is 0.303 e. The topological polar surface area (TPSA) is 102 Å². The fraction of sp³-hybridized carbons (Fsp3) is 0.308. The molecule has 0 radical (unpaired) electrons. The van der Waals surface area contributed by atoms with Gasteiger partial charge in [-0.15, -0.1) is 0 Å². The number of nitrogens with one attached hydrogen (secondary N) is 1. The second-order valence-electron chi connectivity index (χ2n) is 9.36. The van der Waals surface area contributed by atoms with Crippen molar-refractivity contribution in [3.8, 4) is 0 Å². The predicted molar refractivity (Wildman–Crippen MR) is 135 cm³/mol. The number of hydrogen-bond acceptors (Lipinski definition) is 5. The Labute approximate surface area is 212 Å². The molecule has 0 saturated heterocycles. The Hall–Kier alpha value is -3.69. The SMILES string of the molecule is O=C(O)CCc1nn(Cc2cn3cc(C4CC4)ccc3n2)cc1CNCc1ncn2ccc(Cl)cc12. The Morgan fingerprint density at radius 1 is 1.11 bits per heavy atom. The summed E-state index contributed by atoms with van der Waals surface area (Å²) in [5, 5.41) is 18.0. The molecular formula is C26H26ClN7O2. The third kappa shape index (κ3) is 4.84. The Balaban J connectivity index is 1.18. The van der Waals surface area contributed by atoms with Gasteiger partial charge in [0.25, 0.3) is 0 Å². The molecular weight excluding hydrogens is 478 g/mol. The molecule has 1 fully saturated rings. The molecule has 184 valence electrons. The standard InChI is InChI=1S/C26H26ClN7O2/c27-20-7-8-32-16-29-23(24(32)9-20)11-28-10-19-13-34(31-22(19)4-6-26(35)36)15-21-14-33-12-18(17-1-2-17)3-5-25(33)30-21/h3,5,7-9,12-14,16-17,28H,1-2,4,6,10-11,15H2,(H,35,36). The number of hydrogen-bond donors (Lipinski definition) is 2. The Morgan fingerprint density at radius 3 is 2.83 bits per heavy atom. The minimum atomic E-state index is -0.836. The van der Waals surface area contributed by atoms with E-state index in [1.54, 1.807) is 6.33 Å². The van der Waals surface area contributed by atoms with Crippen LogP contribution in [0.1, 0.15) is 53.4 Å². The number of halogens is 1. The summed E-state index contributed by atoms with van der Waals surface area (Å²) >= 11 is 6.15. The van der Waals surface area contributed by atoms with E-state index in [4.69, 9.17) is 21.7 Å². The molecule has 5 aromatic rings. The molecule has 0 aromatic carbocycles. The summed E-state index contributed by atoms with van der Waals surface area (Å²) < 4.78 is 5.87. The molecule has 6 rings (SSSR count). The lowest BCUT2D eigenvalue weighted by molar-refractivity contribution is -0.136. The normalized spacial score (nSPS) is 13.7. The van der Waals surface area contributed by atoms with Crippen LogP contribution in [0.25, 0.3) is 11.2 Å². The van der Waals surface area contributed by atoms with Gasteiger partial charge in [0.15, 0.2) is 0 Å². The van der Waals surface area contributed by atoms with Crippen LogP contribution < -0.4 is 5.32 Å². The highest BCUT2D eigenvalue weighted by Gasteiger charge is 2.23. The average Bonchev–Trinajstić information content (AvgIpc) is 3.35. The summed E-state index contributed by atoms with van der Waals surface area (Å²) in [4.78, 5) is 20.4. The highest BCUT2D eigenvalue weighted by Crippen LogP contribution is 2.39. The van der Waals surface area contributed by atoms with Crippen LogP contribution in [0.2, 0.25) is 5.02 Å². The quantitative estimate of drug-likeness (QED) is 0.298. The molecule has 1 aliphatic rings. The Morgan fingerprint density at radius 2 is 2.00 bits per heavy atom. The van der Waals surface area contributed by atoms with E-state index >= 15 is 0 Å². The summed E-state index contributed by atoms with van der Waals surface area (Å²) in [6.45, 7) is 1.62. The van der Waals surface area contributed by atoms with Crippen molar-refractivity contribution in [1.82, 2.24) is 33.9 Å². The number of carboxylic acid groups (broad SMARTS) is 1. The molecule has 10 heteroatoms. The molecule has 0 bridgehead atoms. The van der Waals surface area contributed by atoms with E-state index in [2.05, 4.69) is 33.0 Å². The number of aryl methyl sites for hydroxylation is 1. The van der Waals surface area contributed by atoms with Gasteiger partial charge in [0.05, 0.1) is 41.9 Å². The molecule has 0 atom stereocenters. The largest absolute Gasteiger partial charge is 0.481 e. The third-order valence-corrected chi connectivity index (χ3v) is 6.82. The van der Waals surface area contributed by atoms with Crippen molar-refractivity contribution in [2.24, 2.45) is 0 Å². The van der Waals surface area contributed by atoms with Crippen molar-refractivity contribution in [2.45, 2.75) is 51.2 Å². The number of pyridine rings is 2. The van der Waals surface area contributed by atoms with Crippen LogP contribution in [-0.4, -0.2) is 39.6 Å². The van der Waals surface area contributed by atoms with Crippen molar-refractivity contribution in [2.75, 3.05) is 0 Å². The summed E-state index contributed by atoms with van der Waals surface area (Å²) in [6.07, 6.45) is 12.8. The van der Waals surface area contributed by atoms with Crippen molar-refractivity contribution in [3.05, 3.63) is 88.6 Å². The molecule has 0 spiro atoms. The number of carboxylic acids is 1. The van der Waals surface area contributed by atoms with Crippen LogP contribution in [-0.2, 0) is 30.8 Å². The van der Waals surface area contributed by atoms with Gasteiger partial charge < -0.3 is 19.2 Å². The van der Waals surface area contributed by atoms with E-state index < -0.39 is 5.97 Å². The third-order valence-electron chi connectivity index (χ3n) is 6.59. The smallest absolute Gasteiger partial charge is 0.303 e. The van der Waals surface area contributed by atoms with Gasteiger partial charge >= 0.3 is 5.97 Å². The van der Waals surface area contributed by atoms with Crippen molar-refractivity contribution < 1.29 is 9.90 Å². The maximum atomic E-state index is 11.2. The van der Waals surface area contributed by atoms with E-state index in [0.717, 1.165) is 33.8 Å². The van der Waals surface area contributed by atoms with Crippen LogP contribution in [0.5, 0.6) is 0 Å². The summed E-state index contributed by atoms with van der Waals surface area (Å²) in [7, 11) is 0.